The van der Waals surface area contributed by atoms with Crippen molar-refractivity contribution in [3.05, 3.63) is 68.7 Å². The molecule has 0 radical (unpaired) electrons. The number of amides is 1. The molecule has 2 aliphatic rings. The van der Waals surface area contributed by atoms with E-state index in [1.54, 1.807) is 24.3 Å². The summed E-state index contributed by atoms with van der Waals surface area (Å²) in [7, 11) is 0. The maximum absolute atomic E-state index is 13.2. The number of piperidine rings is 1. The second kappa shape index (κ2) is 10.8. The normalized spacial score (nSPS) is 22.2. The third kappa shape index (κ3) is 5.95. The lowest BCUT2D eigenvalue weighted by atomic mass is 9.86. The fourth-order valence-electron chi connectivity index (χ4n) is 5.75. The van der Waals surface area contributed by atoms with Crippen molar-refractivity contribution in [2.24, 2.45) is 0 Å². The minimum atomic E-state index is -4.32. The van der Waals surface area contributed by atoms with Gasteiger partial charge in [-0.1, -0.05) is 35.3 Å². The number of aryl methyl sites for hydroxylation is 1. The maximum atomic E-state index is 13.2. The lowest BCUT2D eigenvalue weighted by Crippen LogP contribution is -2.62. The largest absolute Gasteiger partial charge is 0.416 e. The molecule has 2 heterocycles. The highest BCUT2D eigenvalue weighted by atomic mass is 35.5. The fraction of sp³-hybridized carbons (Fsp3) is 0.536. The number of benzene rings is 2. The van der Waals surface area contributed by atoms with Gasteiger partial charge < -0.3 is 4.90 Å². The van der Waals surface area contributed by atoms with E-state index in [4.69, 9.17) is 23.2 Å². The maximum Gasteiger partial charge on any atom is 0.416 e. The van der Waals surface area contributed by atoms with Crippen molar-refractivity contribution in [1.82, 2.24) is 14.7 Å². The van der Waals surface area contributed by atoms with Gasteiger partial charge in [0, 0.05) is 50.3 Å². The SMILES string of the molecule is Cc1cc(Cl)c(C(=O)N2CCC(C)(N3CCN(C(C)c4ccc(C(F)(F)F)cc4)C(C)C3)CC2)c(Cl)c1. The fourth-order valence-corrected chi connectivity index (χ4v) is 6.51. The first-order valence-corrected chi connectivity index (χ1v) is 13.5. The molecule has 0 N–H and O–H groups in total. The summed E-state index contributed by atoms with van der Waals surface area (Å²) in [5.41, 5.74) is 1.52. The van der Waals surface area contributed by atoms with E-state index in [1.807, 2.05) is 11.8 Å². The van der Waals surface area contributed by atoms with Gasteiger partial charge in [0.15, 0.2) is 0 Å². The van der Waals surface area contributed by atoms with Gasteiger partial charge in [0.1, 0.15) is 0 Å². The highest BCUT2D eigenvalue weighted by Crippen LogP contribution is 2.36. The van der Waals surface area contributed by atoms with Crippen LogP contribution in [0.25, 0.3) is 0 Å². The van der Waals surface area contributed by atoms with E-state index in [-0.39, 0.29) is 23.5 Å². The molecule has 0 aromatic heterocycles. The predicted octanol–water partition coefficient (Wildman–Crippen LogP) is 7.08. The summed E-state index contributed by atoms with van der Waals surface area (Å²) >= 11 is 12.7. The Morgan fingerprint density at radius 1 is 1.03 bits per heavy atom. The Labute approximate surface area is 227 Å². The molecule has 2 aromatic rings. The zero-order chi connectivity index (χ0) is 27.1. The number of alkyl halides is 3. The van der Waals surface area contributed by atoms with Crippen LogP contribution in [0.15, 0.2) is 36.4 Å². The van der Waals surface area contributed by atoms with E-state index in [9.17, 15) is 18.0 Å². The molecular weight excluding hydrogens is 522 g/mol. The Morgan fingerprint density at radius 3 is 2.11 bits per heavy atom. The minimum absolute atomic E-state index is 0.0238. The molecule has 2 fully saturated rings. The van der Waals surface area contributed by atoms with Crippen molar-refractivity contribution >= 4 is 29.1 Å². The summed E-state index contributed by atoms with van der Waals surface area (Å²) in [4.78, 5) is 19.9. The third-order valence-corrected chi connectivity index (χ3v) is 8.78. The molecule has 0 aliphatic carbocycles. The molecule has 0 bridgehead atoms. The van der Waals surface area contributed by atoms with Crippen LogP contribution in [0.4, 0.5) is 13.2 Å². The highest BCUT2D eigenvalue weighted by Gasteiger charge is 2.41. The van der Waals surface area contributed by atoms with Crippen LogP contribution >= 0.6 is 23.2 Å². The Bertz CT molecular complexity index is 1110. The molecule has 2 unspecified atom stereocenters. The highest BCUT2D eigenvalue weighted by molar-refractivity contribution is 6.39. The van der Waals surface area contributed by atoms with Gasteiger partial charge in [-0.2, -0.15) is 13.2 Å². The molecule has 2 aliphatic heterocycles. The lowest BCUT2D eigenvalue weighted by Gasteiger charge is -2.52. The Morgan fingerprint density at radius 2 is 1.59 bits per heavy atom. The molecule has 202 valence electrons. The molecule has 2 saturated heterocycles. The summed E-state index contributed by atoms with van der Waals surface area (Å²) in [6.07, 6.45) is -2.63. The molecule has 37 heavy (non-hydrogen) atoms. The number of hydrogen-bond acceptors (Lipinski definition) is 3. The van der Waals surface area contributed by atoms with Crippen molar-refractivity contribution in [2.75, 3.05) is 32.7 Å². The summed E-state index contributed by atoms with van der Waals surface area (Å²) in [5.74, 6) is -0.124. The summed E-state index contributed by atoms with van der Waals surface area (Å²) in [6.45, 7) is 12.2. The van der Waals surface area contributed by atoms with Gasteiger partial charge in [-0.3, -0.25) is 14.6 Å². The molecule has 9 heteroatoms. The smallest absolute Gasteiger partial charge is 0.338 e. The first kappa shape index (κ1) is 28.2. The lowest BCUT2D eigenvalue weighted by molar-refractivity contribution is -0.137. The van der Waals surface area contributed by atoms with E-state index in [0.29, 0.717) is 28.7 Å². The number of carbonyl (C=O) groups excluding carboxylic acids is 1. The number of likely N-dealkylation sites (tertiary alicyclic amines) is 1. The number of nitrogens with zero attached hydrogens (tertiary/aromatic N) is 3. The average Bonchev–Trinajstić information content (AvgIpc) is 2.83. The Hall–Kier alpha value is -1.80. The van der Waals surface area contributed by atoms with Crippen LogP contribution in [0, 0.1) is 6.92 Å². The van der Waals surface area contributed by atoms with Crippen molar-refractivity contribution in [3.8, 4) is 0 Å². The first-order chi connectivity index (χ1) is 17.3. The molecular formula is C28H34Cl2F3N3O. The summed E-state index contributed by atoms with van der Waals surface area (Å²) < 4.78 is 38.8. The van der Waals surface area contributed by atoms with Gasteiger partial charge in [0.05, 0.1) is 21.2 Å². The molecule has 0 spiro atoms. The Balaban J connectivity index is 1.36. The van der Waals surface area contributed by atoms with Crippen molar-refractivity contribution < 1.29 is 18.0 Å². The monoisotopic (exact) mass is 555 g/mol. The van der Waals surface area contributed by atoms with E-state index < -0.39 is 11.7 Å². The van der Waals surface area contributed by atoms with Gasteiger partial charge in [-0.15, -0.1) is 0 Å². The van der Waals surface area contributed by atoms with Crippen LogP contribution in [0.2, 0.25) is 10.0 Å². The van der Waals surface area contributed by atoms with Crippen LogP contribution < -0.4 is 0 Å². The van der Waals surface area contributed by atoms with Crippen molar-refractivity contribution in [1.29, 1.82) is 0 Å². The average molecular weight is 557 g/mol. The number of hydrogen-bond donors (Lipinski definition) is 0. The number of carbonyl (C=O) groups is 1. The van der Waals surface area contributed by atoms with Crippen LogP contribution in [0.3, 0.4) is 0 Å². The minimum Gasteiger partial charge on any atom is -0.338 e. The molecule has 2 aromatic carbocycles. The first-order valence-electron chi connectivity index (χ1n) is 12.7. The topological polar surface area (TPSA) is 26.8 Å². The van der Waals surface area contributed by atoms with E-state index in [0.717, 1.165) is 43.6 Å². The van der Waals surface area contributed by atoms with E-state index in [1.165, 1.54) is 12.1 Å². The number of halogens is 5. The molecule has 4 rings (SSSR count). The number of rotatable bonds is 4. The van der Waals surface area contributed by atoms with Gasteiger partial charge in [-0.25, -0.2) is 0 Å². The molecule has 2 atom stereocenters. The zero-order valence-corrected chi connectivity index (χ0v) is 23.2. The molecule has 1 amide bonds. The van der Waals surface area contributed by atoms with Crippen LogP contribution in [-0.2, 0) is 6.18 Å². The van der Waals surface area contributed by atoms with E-state index >= 15 is 0 Å². The number of piperazine rings is 1. The second-order valence-electron chi connectivity index (χ2n) is 10.7. The quantitative estimate of drug-likeness (QED) is 0.403. The summed E-state index contributed by atoms with van der Waals surface area (Å²) in [5, 5.41) is 0.769. The van der Waals surface area contributed by atoms with Gasteiger partial charge >= 0.3 is 6.18 Å². The Kier molecular flexibility index (Phi) is 8.20. The van der Waals surface area contributed by atoms with Gasteiger partial charge in [0.25, 0.3) is 5.91 Å². The van der Waals surface area contributed by atoms with Gasteiger partial charge in [-0.05, 0) is 75.9 Å². The van der Waals surface area contributed by atoms with Crippen LogP contribution in [0.5, 0.6) is 0 Å². The zero-order valence-electron chi connectivity index (χ0n) is 21.7. The van der Waals surface area contributed by atoms with Crippen LogP contribution in [-0.4, -0.2) is 64.9 Å². The second-order valence-corrected chi connectivity index (χ2v) is 11.5. The van der Waals surface area contributed by atoms with E-state index in [2.05, 4.69) is 30.6 Å². The van der Waals surface area contributed by atoms with Crippen molar-refractivity contribution in [2.45, 2.75) is 64.3 Å². The standard InChI is InChI=1S/C28H34Cl2F3N3O/c1-18-15-23(29)25(24(30)16-18)26(37)34-11-9-27(4,10-12-34)35-13-14-36(19(2)17-35)20(3)21-5-7-22(8-6-21)28(31,32)33/h5-8,15-16,19-20H,9-14,17H2,1-4H3. The van der Waals surface area contributed by atoms with Gasteiger partial charge in [0.2, 0.25) is 0 Å². The summed E-state index contributed by atoms with van der Waals surface area (Å²) in [6, 6.07) is 9.31. The third-order valence-electron chi connectivity index (χ3n) is 8.19. The molecule has 0 saturated carbocycles. The predicted molar refractivity (Wildman–Crippen MR) is 142 cm³/mol. The van der Waals surface area contributed by atoms with Crippen LogP contribution in [0.1, 0.15) is 66.7 Å². The van der Waals surface area contributed by atoms with Crippen molar-refractivity contribution in [3.63, 3.8) is 0 Å². The molecule has 4 nitrogen and oxygen atoms in total.